The minimum atomic E-state index is -0.471. The van der Waals surface area contributed by atoms with Crippen LogP contribution in [0.5, 0.6) is 0 Å². The van der Waals surface area contributed by atoms with Gasteiger partial charge in [-0.3, -0.25) is 0 Å². The summed E-state index contributed by atoms with van der Waals surface area (Å²) in [5.41, 5.74) is 2.76. The molecule has 0 saturated carbocycles. The Kier molecular flexibility index (Phi) is 4.29. The molecular formula is C19H20FN3O2. The van der Waals surface area contributed by atoms with Crippen LogP contribution in [0.4, 0.5) is 4.39 Å². The molecule has 1 aromatic carbocycles. The molecule has 0 atom stereocenters. The lowest BCUT2D eigenvalue weighted by molar-refractivity contribution is 0.0516. The molecule has 2 aromatic heterocycles. The average molecular weight is 341 g/mol. The average Bonchev–Trinajstić information content (AvgIpc) is 2.99. The predicted molar refractivity (Wildman–Crippen MR) is 93.0 cm³/mol. The Hall–Kier alpha value is -2.76. The van der Waals surface area contributed by atoms with Crippen molar-refractivity contribution < 1.29 is 13.9 Å². The smallest absolute Gasteiger partial charge is 0.357 e. The molecule has 0 N–H and O–H groups in total. The Morgan fingerprint density at radius 3 is 2.48 bits per heavy atom. The van der Waals surface area contributed by atoms with Crippen molar-refractivity contribution in [3.8, 4) is 11.3 Å². The highest BCUT2D eigenvalue weighted by Gasteiger charge is 2.22. The van der Waals surface area contributed by atoms with Gasteiger partial charge < -0.3 is 4.74 Å². The number of carbonyl (C=O) groups excluding carboxylic acids is 1. The molecule has 6 heteroatoms. The van der Waals surface area contributed by atoms with Gasteiger partial charge in [0, 0.05) is 17.0 Å². The van der Waals surface area contributed by atoms with E-state index in [1.807, 2.05) is 26.8 Å². The van der Waals surface area contributed by atoms with E-state index in [0.29, 0.717) is 22.6 Å². The lowest BCUT2D eigenvalue weighted by Crippen LogP contribution is -2.15. The molecule has 0 aliphatic carbocycles. The Labute approximate surface area is 145 Å². The van der Waals surface area contributed by atoms with E-state index in [2.05, 4.69) is 10.1 Å². The highest BCUT2D eigenvalue weighted by atomic mass is 19.1. The molecule has 0 fully saturated rings. The van der Waals surface area contributed by atoms with E-state index in [-0.39, 0.29) is 17.8 Å². The number of benzene rings is 1. The van der Waals surface area contributed by atoms with Crippen LogP contribution in [0.3, 0.4) is 0 Å². The Bertz CT molecular complexity index is 924. The number of esters is 1. The molecule has 0 amide bonds. The number of carbonyl (C=O) groups is 1. The summed E-state index contributed by atoms with van der Waals surface area (Å²) >= 11 is 0. The quantitative estimate of drug-likeness (QED) is 0.676. The SMILES string of the molecule is CCOC(=O)c1cc(-c2ccc(F)cc2)nc2cc(C(C)(C)C)nn12. The molecule has 5 nitrogen and oxygen atoms in total. The van der Waals surface area contributed by atoms with Crippen LogP contribution >= 0.6 is 0 Å². The lowest BCUT2D eigenvalue weighted by Gasteiger charge is -2.13. The Morgan fingerprint density at radius 1 is 1.20 bits per heavy atom. The fraction of sp³-hybridized carbons (Fsp3) is 0.316. The van der Waals surface area contributed by atoms with Crippen LogP contribution in [0.1, 0.15) is 43.9 Å². The maximum atomic E-state index is 13.2. The number of nitrogens with zero attached hydrogens (tertiary/aromatic N) is 3. The van der Waals surface area contributed by atoms with Crippen molar-refractivity contribution in [2.24, 2.45) is 0 Å². The molecule has 0 unspecified atom stereocenters. The van der Waals surface area contributed by atoms with Gasteiger partial charge in [0.15, 0.2) is 11.3 Å². The zero-order valence-corrected chi connectivity index (χ0v) is 14.7. The van der Waals surface area contributed by atoms with E-state index in [4.69, 9.17) is 4.74 Å². The summed E-state index contributed by atoms with van der Waals surface area (Å²) in [5.74, 6) is -0.795. The minimum absolute atomic E-state index is 0.185. The van der Waals surface area contributed by atoms with Crippen molar-refractivity contribution in [3.63, 3.8) is 0 Å². The second kappa shape index (κ2) is 6.27. The first-order valence-corrected chi connectivity index (χ1v) is 8.14. The first kappa shape index (κ1) is 17.1. The zero-order valence-electron chi connectivity index (χ0n) is 14.7. The Morgan fingerprint density at radius 2 is 1.88 bits per heavy atom. The molecule has 25 heavy (non-hydrogen) atoms. The fourth-order valence-corrected chi connectivity index (χ4v) is 2.46. The van der Waals surface area contributed by atoms with Crippen molar-refractivity contribution in [1.82, 2.24) is 14.6 Å². The number of fused-ring (bicyclic) bond motifs is 1. The van der Waals surface area contributed by atoms with E-state index < -0.39 is 5.97 Å². The molecule has 0 saturated heterocycles. The largest absolute Gasteiger partial charge is 0.461 e. The predicted octanol–water partition coefficient (Wildman–Crippen LogP) is 4.01. The number of aromatic nitrogens is 3. The standard InChI is InChI=1S/C19H20FN3O2/c1-5-25-18(24)15-10-14(12-6-8-13(20)9-7-12)21-17-11-16(19(2,3)4)22-23(15)17/h6-11H,5H2,1-4H3. The van der Waals surface area contributed by atoms with Gasteiger partial charge >= 0.3 is 5.97 Å². The number of hydrogen-bond acceptors (Lipinski definition) is 4. The van der Waals surface area contributed by atoms with Crippen LogP contribution in [-0.4, -0.2) is 27.2 Å². The normalized spacial score (nSPS) is 11.7. The minimum Gasteiger partial charge on any atom is -0.461 e. The molecule has 130 valence electrons. The maximum Gasteiger partial charge on any atom is 0.357 e. The Balaban J connectivity index is 2.22. The maximum absolute atomic E-state index is 13.2. The molecule has 0 aliphatic heterocycles. The molecule has 3 aromatic rings. The number of ether oxygens (including phenoxy) is 1. The molecule has 0 bridgehead atoms. The van der Waals surface area contributed by atoms with E-state index >= 15 is 0 Å². The first-order valence-electron chi connectivity index (χ1n) is 8.14. The van der Waals surface area contributed by atoms with Gasteiger partial charge in [-0.1, -0.05) is 20.8 Å². The van der Waals surface area contributed by atoms with Gasteiger partial charge in [-0.2, -0.15) is 5.10 Å². The molecule has 0 aliphatic rings. The van der Waals surface area contributed by atoms with Crippen LogP contribution in [-0.2, 0) is 10.2 Å². The highest BCUT2D eigenvalue weighted by molar-refractivity contribution is 5.89. The monoisotopic (exact) mass is 341 g/mol. The van der Waals surface area contributed by atoms with Crippen molar-refractivity contribution in [1.29, 1.82) is 0 Å². The lowest BCUT2D eigenvalue weighted by atomic mass is 9.93. The summed E-state index contributed by atoms with van der Waals surface area (Å²) < 4.78 is 19.8. The number of halogens is 1. The van der Waals surface area contributed by atoms with E-state index in [1.54, 1.807) is 25.1 Å². The fourth-order valence-electron chi connectivity index (χ4n) is 2.46. The summed E-state index contributed by atoms with van der Waals surface area (Å²) in [5, 5.41) is 4.53. The summed E-state index contributed by atoms with van der Waals surface area (Å²) in [4.78, 5) is 17.0. The summed E-state index contributed by atoms with van der Waals surface area (Å²) in [6.07, 6.45) is 0. The number of rotatable bonds is 3. The summed E-state index contributed by atoms with van der Waals surface area (Å²) in [6, 6.07) is 9.46. The van der Waals surface area contributed by atoms with E-state index in [1.165, 1.54) is 16.6 Å². The second-order valence-electron chi connectivity index (χ2n) is 6.80. The van der Waals surface area contributed by atoms with Crippen molar-refractivity contribution >= 4 is 11.6 Å². The molecular weight excluding hydrogens is 321 g/mol. The van der Waals surface area contributed by atoms with Gasteiger partial charge in [0.2, 0.25) is 0 Å². The molecule has 2 heterocycles. The third-order valence-electron chi connectivity index (χ3n) is 3.82. The summed E-state index contributed by atoms with van der Waals surface area (Å²) in [6.45, 7) is 8.14. The van der Waals surface area contributed by atoms with Gasteiger partial charge in [-0.05, 0) is 37.3 Å². The first-order chi connectivity index (χ1) is 11.8. The van der Waals surface area contributed by atoms with Crippen molar-refractivity contribution in [3.05, 3.63) is 53.6 Å². The van der Waals surface area contributed by atoms with Gasteiger partial charge in [-0.25, -0.2) is 18.7 Å². The molecule has 3 rings (SSSR count). The number of hydrogen-bond donors (Lipinski definition) is 0. The highest BCUT2D eigenvalue weighted by Crippen LogP contribution is 2.25. The third kappa shape index (κ3) is 3.38. The van der Waals surface area contributed by atoms with E-state index in [0.717, 1.165) is 5.69 Å². The van der Waals surface area contributed by atoms with Crippen LogP contribution in [0, 0.1) is 5.82 Å². The van der Waals surface area contributed by atoms with Gasteiger partial charge in [0.25, 0.3) is 0 Å². The van der Waals surface area contributed by atoms with Crippen LogP contribution in [0.2, 0.25) is 0 Å². The zero-order chi connectivity index (χ0) is 18.2. The van der Waals surface area contributed by atoms with Gasteiger partial charge in [-0.15, -0.1) is 0 Å². The third-order valence-corrected chi connectivity index (χ3v) is 3.82. The second-order valence-corrected chi connectivity index (χ2v) is 6.80. The molecule has 0 radical (unpaired) electrons. The van der Waals surface area contributed by atoms with Crippen LogP contribution < -0.4 is 0 Å². The van der Waals surface area contributed by atoms with Crippen molar-refractivity contribution in [2.45, 2.75) is 33.1 Å². The van der Waals surface area contributed by atoms with Crippen molar-refractivity contribution in [2.75, 3.05) is 6.61 Å². The topological polar surface area (TPSA) is 56.5 Å². The summed E-state index contributed by atoms with van der Waals surface area (Å²) in [7, 11) is 0. The van der Waals surface area contributed by atoms with Gasteiger partial charge in [0.05, 0.1) is 18.0 Å². The molecule has 0 spiro atoms. The van der Waals surface area contributed by atoms with Gasteiger partial charge in [0.1, 0.15) is 5.82 Å². The van der Waals surface area contributed by atoms with E-state index in [9.17, 15) is 9.18 Å². The van der Waals surface area contributed by atoms with Crippen LogP contribution in [0.15, 0.2) is 36.4 Å². The van der Waals surface area contributed by atoms with Crippen LogP contribution in [0.25, 0.3) is 16.9 Å².